The van der Waals surface area contributed by atoms with Crippen LogP contribution in [0.25, 0.3) is 0 Å². The van der Waals surface area contributed by atoms with E-state index >= 15 is 0 Å². The van der Waals surface area contributed by atoms with Gasteiger partial charge < -0.3 is 15.2 Å². The van der Waals surface area contributed by atoms with E-state index in [1.165, 1.54) is 0 Å². The van der Waals surface area contributed by atoms with Crippen molar-refractivity contribution in [1.82, 2.24) is 4.98 Å². The lowest BCUT2D eigenvalue weighted by atomic mass is 10.2. The first-order valence-corrected chi connectivity index (χ1v) is 5.21. The minimum absolute atomic E-state index is 0.0152. The normalized spacial score (nSPS) is 22.7. The highest BCUT2D eigenvalue weighted by molar-refractivity contribution is 5.20. The standard InChI is InChI=1S/C11H16N2O2/c1-8(12)9-2-3-11(13-6-9)15-10-4-5-14-7-10/h2-3,6,8,10H,4-5,7,12H2,1H3/t8-,10+/m0/s1. The number of nitrogens with zero attached hydrogens (tertiary/aromatic N) is 1. The highest BCUT2D eigenvalue weighted by Crippen LogP contribution is 2.16. The molecular formula is C11H16N2O2. The van der Waals surface area contributed by atoms with Crippen molar-refractivity contribution in [3.8, 4) is 5.88 Å². The highest BCUT2D eigenvalue weighted by Gasteiger charge is 2.17. The Balaban J connectivity index is 1.97. The molecule has 1 aromatic heterocycles. The topological polar surface area (TPSA) is 57.4 Å². The Kier molecular flexibility index (Phi) is 3.18. The molecule has 1 aliphatic heterocycles. The van der Waals surface area contributed by atoms with Gasteiger partial charge in [0.1, 0.15) is 6.10 Å². The molecule has 2 rings (SSSR count). The minimum atomic E-state index is 0.0152. The SMILES string of the molecule is C[C@H](N)c1ccc(O[C@@H]2CCOC2)nc1. The molecule has 0 amide bonds. The maximum absolute atomic E-state index is 5.73. The van der Waals surface area contributed by atoms with Crippen molar-refractivity contribution in [3.05, 3.63) is 23.9 Å². The Bertz CT molecular complexity index is 305. The van der Waals surface area contributed by atoms with Crippen molar-refractivity contribution in [2.24, 2.45) is 5.73 Å². The summed E-state index contributed by atoms with van der Waals surface area (Å²) in [6.07, 6.45) is 2.85. The summed E-state index contributed by atoms with van der Waals surface area (Å²) in [6.45, 7) is 3.38. The number of nitrogens with two attached hydrogens (primary N) is 1. The van der Waals surface area contributed by atoms with E-state index in [1.54, 1.807) is 6.20 Å². The summed E-state index contributed by atoms with van der Waals surface area (Å²) in [5, 5.41) is 0. The molecule has 0 bridgehead atoms. The zero-order chi connectivity index (χ0) is 10.7. The Morgan fingerprint density at radius 2 is 2.47 bits per heavy atom. The Hall–Kier alpha value is -1.13. The lowest BCUT2D eigenvalue weighted by Crippen LogP contribution is -2.16. The summed E-state index contributed by atoms with van der Waals surface area (Å²) in [4.78, 5) is 4.21. The molecule has 1 fully saturated rings. The summed E-state index contributed by atoms with van der Waals surface area (Å²) in [6, 6.07) is 3.82. The van der Waals surface area contributed by atoms with Crippen molar-refractivity contribution in [2.45, 2.75) is 25.5 Å². The third-order valence-corrected chi connectivity index (χ3v) is 2.46. The number of aromatic nitrogens is 1. The van der Waals surface area contributed by atoms with Crippen LogP contribution in [0.1, 0.15) is 24.9 Å². The molecule has 0 saturated carbocycles. The second-order valence-electron chi connectivity index (χ2n) is 3.82. The van der Waals surface area contributed by atoms with Crippen LogP contribution in [-0.2, 0) is 4.74 Å². The van der Waals surface area contributed by atoms with Gasteiger partial charge in [-0.3, -0.25) is 0 Å². The maximum atomic E-state index is 5.73. The average molecular weight is 208 g/mol. The number of rotatable bonds is 3. The molecule has 15 heavy (non-hydrogen) atoms. The quantitative estimate of drug-likeness (QED) is 0.812. The number of pyridine rings is 1. The van der Waals surface area contributed by atoms with Gasteiger partial charge >= 0.3 is 0 Å². The van der Waals surface area contributed by atoms with Gasteiger partial charge in [0.25, 0.3) is 0 Å². The predicted molar refractivity (Wildman–Crippen MR) is 56.7 cm³/mol. The molecule has 2 N–H and O–H groups in total. The smallest absolute Gasteiger partial charge is 0.213 e. The number of hydrogen-bond acceptors (Lipinski definition) is 4. The van der Waals surface area contributed by atoms with Crippen LogP contribution >= 0.6 is 0 Å². The van der Waals surface area contributed by atoms with Gasteiger partial charge in [-0.2, -0.15) is 0 Å². The van der Waals surface area contributed by atoms with E-state index in [9.17, 15) is 0 Å². The fourth-order valence-corrected chi connectivity index (χ4v) is 1.51. The molecule has 0 radical (unpaired) electrons. The Morgan fingerprint density at radius 1 is 1.60 bits per heavy atom. The Labute approximate surface area is 89.4 Å². The van der Waals surface area contributed by atoms with Gasteiger partial charge in [0.15, 0.2) is 0 Å². The van der Waals surface area contributed by atoms with E-state index in [0.29, 0.717) is 12.5 Å². The maximum Gasteiger partial charge on any atom is 0.213 e. The van der Waals surface area contributed by atoms with Gasteiger partial charge in [0, 0.05) is 24.7 Å². The van der Waals surface area contributed by atoms with Crippen molar-refractivity contribution in [1.29, 1.82) is 0 Å². The molecule has 1 aromatic rings. The summed E-state index contributed by atoms with van der Waals surface area (Å²) in [5.74, 6) is 0.648. The van der Waals surface area contributed by atoms with Crippen LogP contribution in [0, 0.1) is 0 Å². The summed E-state index contributed by atoms with van der Waals surface area (Å²) < 4.78 is 10.9. The zero-order valence-corrected chi connectivity index (χ0v) is 8.85. The minimum Gasteiger partial charge on any atom is -0.472 e. The van der Waals surface area contributed by atoms with Crippen LogP contribution in [0.15, 0.2) is 18.3 Å². The van der Waals surface area contributed by atoms with Crippen molar-refractivity contribution in [2.75, 3.05) is 13.2 Å². The fourth-order valence-electron chi connectivity index (χ4n) is 1.51. The largest absolute Gasteiger partial charge is 0.472 e. The first-order chi connectivity index (χ1) is 7.25. The van der Waals surface area contributed by atoms with Crippen LogP contribution in [-0.4, -0.2) is 24.3 Å². The van der Waals surface area contributed by atoms with Crippen LogP contribution in [0.5, 0.6) is 5.88 Å². The highest BCUT2D eigenvalue weighted by atomic mass is 16.5. The van der Waals surface area contributed by atoms with E-state index in [-0.39, 0.29) is 12.1 Å². The van der Waals surface area contributed by atoms with Crippen LogP contribution in [0.3, 0.4) is 0 Å². The van der Waals surface area contributed by atoms with Gasteiger partial charge in [-0.25, -0.2) is 4.98 Å². The molecule has 0 aromatic carbocycles. The van der Waals surface area contributed by atoms with Crippen molar-refractivity contribution < 1.29 is 9.47 Å². The second-order valence-corrected chi connectivity index (χ2v) is 3.82. The predicted octanol–water partition coefficient (Wildman–Crippen LogP) is 1.27. The van der Waals surface area contributed by atoms with Crippen molar-refractivity contribution >= 4 is 0 Å². The molecule has 4 nitrogen and oxygen atoms in total. The molecule has 2 atom stereocenters. The third-order valence-electron chi connectivity index (χ3n) is 2.46. The Morgan fingerprint density at radius 3 is 3.00 bits per heavy atom. The molecule has 1 saturated heterocycles. The first-order valence-electron chi connectivity index (χ1n) is 5.21. The van der Waals surface area contributed by atoms with Crippen LogP contribution < -0.4 is 10.5 Å². The zero-order valence-electron chi connectivity index (χ0n) is 8.85. The van der Waals surface area contributed by atoms with E-state index in [2.05, 4.69) is 4.98 Å². The number of hydrogen-bond donors (Lipinski definition) is 1. The molecule has 0 unspecified atom stereocenters. The average Bonchev–Trinajstić information content (AvgIpc) is 2.71. The second kappa shape index (κ2) is 4.59. The van der Waals surface area contributed by atoms with Crippen molar-refractivity contribution in [3.63, 3.8) is 0 Å². The van der Waals surface area contributed by atoms with E-state index < -0.39 is 0 Å². The molecule has 82 valence electrons. The number of ether oxygens (including phenoxy) is 2. The van der Waals surface area contributed by atoms with Gasteiger partial charge in [0.05, 0.1) is 13.2 Å². The van der Waals surface area contributed by atoms with Crippen LogP contribution in [0.4, 0.5) is 0 Å². The van der Waals surface area contributed by atoms with E-state index in [0.717, 1.165) is 18.6 Å². The third kappa shape index (κ3) is 2.67. The van der Waals surface area contributed by atoms with Gasteiger partial charge in [0.2, 0.25) is 5.88 Å². The molecule has 0 aliphatic carbocycles. The molecule has 0 spiro atoms. The monoisotopic (exact) mass is 208 g/mol. The van der Waals surface area contributed by atoms with Crippen LogP contribution in [0.2, 0.25) is 0 Å². The molecule has 2 heterocycles. The van der Waals surface area contributed by atoms with Gasteiger partial charge in [-0.05, 0) is 12.5 Å². The lowest BCUT2D eigenvalue weighted by molar-refractivity contribution is 0.138. The first kappa shape index (κ1) is 10.4. The summed E-state index contributed by atoms with van der Waals surface area (Å²) >= 11 is 0. The summed E-state index contributed by atoms with van der Waals surface area (Å²) in [7, 11) is 0. The van der Waals surface area contributed by atoms with E-state index in [4.69, 9.17) is 15.2 Å². The fraction of sp³-hybridized carbons (Fsp3) is 0.545. The molecule has 1 aliphatic rings. The molecular weight excluding hydrogens is 192 g/mol. The van der Waals surface area contributed by atoms with Gasteiger partial charge in [-0.15, -0.1) is 0 Å². The van der Waals surface area contributed by atoms with Gasteiger partial charge in [-0.1, -0.05) is 6.07 Å². The lowest BCUT2D eigenvalue weighted by Gasteiger charge is -2.11. The molecule has 4 heteroatoms. The summed E-state index contributed by atoms with van der Waals surface area (Å²) in [5.41, 5.74) is 6.75. The van der Waals surface area contributed by atoms with E-state index in [1.807, 2.05) is 19.1 Å².